The summed E-state index contributed by atoms with van der Waals surface area (Å²) in [4.78, 5) is 23.8. The highest BCUT2D eigenvalue weighted by Crippen LogP contribution is 2.38. The van der Waals surface area contributed by atoms with E-state index in [4.69, 9.17) is 0 Å². The van der Waals surface area contributed by atoms with Gasteiger partial charge in [0, 0.05) is 60.4 Å². The van der Waals surface area contributed by atoms with Crippen molar-refractivity contribution in [3.05, 3.63) is 0 Å². The Kier molecular flexibility index (Phi) is 7.11. The summed E-state index contributed by atoms with van der Waals surface area (Å²) < 4.78 is 0. The van der Waals surface area contributed by atoms with Gasteiger partial charge in [-0.25, -0.2) is 0 Å². The fraction of sp³-hybridized carbons (Fsp3) is 0.895. The molecule has 0 atom stereocenters. The second-order valence-corrected chi connectivity index (χ2v) is 8.27. The number of piperazine rings is 1. The Morgan fingerprint density at radius 2 is 1.76 bits per heavy atom. The molecule has 0 spiro atoms. The van der Waals surface area contributed by atoms with Gasteiger partial charge < -0.3 is 15.1 Å². The molecule has 1 amide bonds. The van der Waals surface area contributed by atoms with E-state index in [0.29, 0.717) is 12.5 Å². The molecule has 1 aliphatic carbocycles. The molecule has 0 bridgehead atoms. The highest BCUT2D eigenvalue weighted by atomic mass is 16.2. The topological polar surface area (TPSA) is 51.2 Å². The standard InChI is InChI=1S/C19H37N5O/c1-16(2)14-23-10-12-24(13-11-23)18(20-3)21-15-19(8-6-7-9-19)17(25)22(4)5/h16H,6-15H2,1-5H3,(H,20,21). The molecule has 1 aliphatic heterocycles. The maximum atomic E-state index is 12.7. The first-order valence-electron chi connectivity index (χ1n) is 9.77. The quantitative estimate of drug-likeness (QED) is 0.602. The predicted molar refractivity (Wildman–Crippen MR) is 104 cm³/mol. The lowest BCUT2D eigenvalue weighted by molar-refractivity contribution is -0.138. The van der Waals surface area contributed by atoms with Crippen LogP contribution in [0.25, 0.3) is 0 Å². The third-order valence-corrected chi connectivity index (χ3v) is 5.51. The van der Waals surface area contributed by atoms with Crippen LogP contribution in [0.4, 0.5) is 0 Å². The normalized spacial score (nSPS) is 21.7. The van der Waals surface area contributed by atoms with Gasteiger partial charge in [0.15, 0.2) is 5.96 Å². The van der Waals surface area contributed by atoms with Crippen molar-refractivity contribution in [3.8, 4) is 0 Å². The average molecular weight is 352 g/mol. The molecule has 1 saturated carbocycles. The van der Waals surface area contributed by atoms with Crippen LogP contribution in [-0.4, -0.2) is 87.0 Å². The molecule has 6 nitrogen and oxygen atoms in total. The van der Waals surface area contributed by atoms with Crippen molar-refractivity contribution in [3.63, 3.8) is 0 Å². The van der Waals surface area contributed by atoms with E-state index in [1.165, 1.54) is 6.54 Å². The van der Waals surface area contributed by atoms with Gasteiger partial charge in [0.25, 0.3) is 0 Å². The summed E-state index contributed by atoms with van der Waals surface area (Å²) in [7, 11) is 5.58. The molecule has 0 radical (unpaired) electrons. The number of rotatable bonds is 5. The lowest BCUT2D eigenvalue weighted by Gasteiger charge is -2.38. The predicted octanol–water partition coefficient (Wildman–Crippen LogP) is 1.48. The van der Waals surface area contributed by atoms with Gasteiger partial charge in [0.1, 0.15) is 0 Å². The van der Waals surface area contributed by atoms with E-state index >= 15 is 0 Å². The van der Waals surface area contributed by atoms with Crippen LogP contribution < -0.4 is 5.32 Å². The molecule has 2 fully saturated rings. The van der Waals surface area contributed by atoms with E-state index in [-0.39, 0.29) is 11.3 Å². The number of guanidine groups is 1. The van der Waals surface area contributed by atoms with Crippen molar-refractivity contribution >= 4 is 11.9 Å². The van der Waals surface area contributed by atoms with Gasteiger partial charge in [-0.15, -0.1) is 0 Å². The van der Waals surface area contributed by atoms with Crippen LogP contribution >= 0.6 is 0 Å². The van der Waals surface area contributed by atoms with Crippen molar-refractivity contribution in [2.24, 2.45) is 16.3 Å². The molecule has 1 heterocycles. The number of aliphatic imine (C=N–C) groups is 1. The lowest BCUT2D eigenvalue weighted by Crippen LogP contribution is -2.55. The third kappa shape index (κ3) is 5.09. The number of hydrogen-bond donors (Lipinski definition) is 1. The van der Waals surface area contributed by atoms with E-state index in [1.807, 2.05) is 21.1 Å². The molecule has 0 aromatic carbocycles. The Balaban J connectivity index is 1.91. The number of amides is 1. The second kappa shape index (κ2) is 8.88. The molecule has 144 valence electrons. The maximum Gasteiger partial charge on any atom is 0.230 e. The number of carbonyl (C=O) groups is 1. The first-order valence-corrected chi connectivity index (χ1v) is 9.77. The highest BCUT2D eigenvalue weighted by Gasteiger charge is 2.42. The fourth-order valence-electron chi connectivity index (χ4n) is 4.23. The fourth-order valence-corrected chi connectivity index (χ4v) is 4.23. The number of carbonyl (C=O) groups excluding carboxylic acids is 1. The first-order chi connectivity index (χ1) is 11.9. The molecule has 1 N–H and O–H groups in total. The molecule has 25 heavy (non-hydrogen) atoms. The Bertz CT molecular complexity index is 460. The number of nitrogens with one attached hydrogen (secondary N) is 1. The molecule has 6 heteroatoms. The maximum absolute atomic E-state index is 12.7. The Hall–Kier alpha value is -1.30. The van der Waals surface area contributed by atoms with Crippen LogP contribution in [0.2, 0.25) is 0 Å². The third-order valence-electron chi connectivity index (χ3n) is 5.51. The number of hydrogen-bond acceptors (Lipinski definition) is 3. The minimum atomic E-state index is -0.251. The van der Waals surface area contributed by atoms with Gasteiger partial charge in [0.05, 0.1) is 5.41 Å². The lowest BCUT2D eigenvalue weighted by atomic mass is 9.84. The molecule has 2 rings (SSSR count). The monoisotopic (exact) mass is 351 g/mol. The molecule has 0 aromatic heterocycles. The van der Waals surface area contributed by atoms with Crippen molar-refractivity contribution in [2.75, 3.05) is 60.4 Å². The molecule has 2 aliphatic rings. The molecular weight excluding hydrogens is 314 g/mol. The van der Waals surface area contributed by atoms with Gasteiger partial charge >= 0.3 is 0 Å². The van der Waals surface area contributed by atoms with Gasteiger partial charge in [-0.2, -0.15) is 0 Å². The van der Waals surface area contributed by atoms with E-state index in [9.17, 15) is 4.79 Å². The van der Waals surface area contributed by atoms with Crippen LogP contribution in [0.15, 0.2) is 4.99 Å². The van der Waals surface area contributed by atoms with Crippen LogP contribution in [0, 0.1) is 11.3 Å². The van der Waals surface area contributed by atoms with Crippen molar-refractivity contribution in [2.45, 2.75) is 39.5 Å². The summed E-state index contributed by atoms with van der Waals surface area (Å²) in [5.74, 6) is 1.92. The van der Waals surface area contributed by atoms with E-state index in [2.05, 4.69) is 34.0 Å². The Labute approximate surface area is 153 Å². The molecule has 0 unspecified atom stereocenters. The summed E-state index contributed by atoms with van der Waals surface area (Å²) in [5.41, 5.74) is -0.251. The summed E-state index contributed by atoms with van der Waals surface area (Å²) in [6.45, 7) is 10.6. The van der Waals surface area contributed by atoms with Gasteiger partial charge in [-0.3, -0.25) is 14.7 Å². The minimum Gasteiger partial charge on any atom is -0.355 e. The van der Waals surface area contributed by atoms with Gasteiger partial charge in [0.2, 0.25) is 5.91 Å². The van der Waals surface area contributed by atoms with E-state index in [1.54, 1.807) is 4.90 Å². The van der Waals surface area contributed by atoms with E-state index in [0.717, 1.165) is 57.8 Å². The zero-order chi connectivity index (χ0) is 18.4. The Morgan fingerprint density at radius 3 is 2.24 bits per heavy atom. The van der Waals surface area contributed by atoms with Gasteiger partial charge in [-0.1, -0.05) is 26.7 Å². The molecule has 0 aromatic rings. The summed E-state index contributed by atoms with van der Waals surface area (Å²) in [6, 6.07) is 0. The van der Waals surface area contributed by atoms with Crippen LogP contribution in [0.1, 0.15) is 39.5 Å². The van der Waals surface area contributed by atoms with Crippen molar-refractivity contribution in [1.82, 2.24) is 20.0 Å². The molecular formula is C19H37N5O. The zero-order valence-electron chi connectivity index (χ0n) is 16.8. The Morgan fingerprint density at radius 1 is 1.16 bits per heavy atom. The largest absolute Gasteiger partial charge is 0.355 e. The molecule has 1 saturated heterocycles. The summed E-state index contributed by atoms with van der Waals surface area (Å²) in [6.07, 6.45) is 4.26. The van der Waals surface area contributed by atoms with Crippen molar-refractivity contribution < 1.29 is 4.79 Å². The van der Waals surface area contributed by atoms with Crippen molar-refractivity contribution in [1.29, 1.82) is 0 Å². The summed E-state index contributed by atoms with van der Waals surface area (Å²) in [5, 5.41) is 3.52. The summed E-state index contributed by atoms with van der Waals surface area (Å²) >= 11 is 0. The van der Waals surface area contributed by atoms with Gasteiger partial charge in [-0.05, 0) is 18.8 Å². The van der Waals surface area contributed by atoms with Crippen LogP contribution in [-0.2, 0) is 4.79 Å². The smallest absolute Gasteiger partial charge is 0.230 e. The number of nitrogens with zero attached hydrogens (tertiary/aromatic N) is 4. The zero-order valence-corrected chi connectivity index (χ0v) is 16.8. The highest BCUT2D eigenvalue weighted by molar-refractivity contribution is 5.85. The average Bonchev–Trinajstić information content (AvgIpc) is 3.05. The first kappa shape index (κ1) is 20.0. The van der Waals surface area contributed by atoms with Crippen LogP contribution in [0.5, 0.6) is 0 Å². The van der Waals surface area contributed by atoms with Crippen LogP contribution in [0.3, 0.4) is 0 Å². The second-order valence-electron chi connectivity index (χ2n) is 8.27. The minimum absolute atomic E-state index is 0.251. The SMILES string of the molecule is CN=C(NCC1(C(=O)N(C)C)CCCC1)N1CCN(CC(C)C)CC1. The van der Waals surface area contributed by atoms with E-state index < -0.39 is 0 Å².